The first-order valence-corrected chi connectivity index (χ1v) is 6.67. The molecule has 1 aromatic carbocycles. The second-order valence-corrected chi connectivity index (χ2v) is 4.87. The Morgan fingerprint density at radius 3 is 2.55 bits per heavy atom. The van der Waals surface area contributed by atoms with E-state index in [0.717, 1.165) is 22.0 Å². The van der Waals surface area contributed by atoms with Crippen molar-refractivity contribution in [1.82, 2.24) is 15.0 Å². The lowest BCUT2D eigenvalue weighted by molar-refractivity contribution is 0.0697. The molecule has 0 saturated carbocycles. The maximum atomic E-state index is 10.8. The fourth-order valence-electron chi connectivity index (χ4n) is 1.71. The molecule has 5 nitrogen and oxygen atoms in total. The molecule has 0 aliphatic rings. The number of carboxylic acid groups (broad SMARTS) is 1. The van der Waals surface area contributed by atoms with E-state index in [9.17, 15) is 4.79 Å². The van der Waals surface area contributed by atoms with Crippen molar-refractivity contribution in [2.75, 3.05) is 0 Å². The van der Waals surface area contributed by atoms with Gasteiger partial charge in [-0.05, 0) is 12.1 Å². The van der Waals surface area contributed by atoms with Gasteiger partial charge in [-0.1, -0.05) is 12.1 Å². The molecule has 0 amide bonds. The highest BCUT2D eigenvalue weighted by atomic mass is 32.1. The van der Waals surface area contributed by atoms with Crippen LogP contribution in [0, 0.1) is 0 Å². The Hall–Kier alpha value is -2.60. The number of carboxylic acids is 1. The van der Waals surface area contributed by atoms with Gasteiger partial charge < -0.3 is 5.11 Å². The third-order valence-electron chi connectivity index (χ3n) is 2.71. The fraction of sp³-hybridized carbons (Fsp3) is 0. The van der Waals surface area contributed by atoms with Gasteiger partial charge >= 0.3 is 5.97 Å². The lowest BCUT2D eigenvalue weighted by Gasteiger charge is -1.97. The van der Waals surface area contributed by atoms with Crippen LogP contribution in [0.4, 0.5) is 0 Å². The molecule has 0 aliphatic heterocycles. The summed E-state index contributed by atoms with van der Waals surface area (Å²) in [7, 11) is 0. The predicted molar refractivity (Wildman–Crippen MR) is 75.5 cm³/mol. The summed E-state index contributed by atoms with van der Waals surface area (Å²) in [5.41, 5.74) is 2.63. The first-order valence-electron chi connectivity index (χ1n) is 5.80. The number of thiazole rings is 1. The van der Waals surface area contributed by atoms with Crippen LogP contribution in [0.1, 0.15) is 10.4 Å². The van der Waals surface area contributed by atoms with Crippen molar-refractivity contribution >= 4 is 17.3 Å². The highest BCUT2D eigenvalue weighted by Crippen LogP contribution is 2.27. The molecule has 0 atom stereocenters. The number of aromatic carboxylic acids is 1. The summed E-state index contributed by atoms with van der Waals surface area (Å²) >= 11 is 1.49. The van der Waals surface area contributed by atoms with E-state index in [1.54, 1.807) is 42.9 Å². The summed E-state index contributed by atoms with van der Waals surface area (Å²) in [4.78, 5) is 23.5. The second kappa shape index (κ2) is 5.18. The summed E-state index contributed by atoms with van der Waals surface area (Å²) < 4.78 is 0. The lowest BCUT2D eigenvalue weighted by Crippen LogP contribution is -1.94. The standard InChI is InChI=1S/C14H9N3O2S/c18-14(19)10-3-1-9(2-4-10)13-17-12(8-20-13)11-7-15-5-6-16-11/h1-8H,(H,18,19). The molecule has 98 valence electrons. The molecule has 0 radical (unpaired) electrons. The van der Waals surface area contributed by atoms with Crippen LogP contribution >= 0.6 is 11.3 Å². The second-order valence-electron chi connectivity index (χ2n) is 4.01. The maximum Gasteiger partial charge on any atom is 0.335 e. The smallest absolute Gasteiger partial charge is 0.335 e. The Balaban J connectivity index is 1.92. The monoisotopic (exact) mass is 283 g/mol. The minimum Gasteiger partial charge on any atom is -0.478 e. The minimum atomic E-state index is -0.934. The van der Waals surface area contributed by atoms with Gasteiger partial charge in [-0.3, -0.25) is 9.97 Å². The number of hydrogen-bond acceptors (Lipinski definition) is 5. The van der Waals surface area contributed by atoms with Crippen molar-refractivity contribution in [1.29, 1.82) is 0 Å². The molecule has 0 unspecified atom stereocenters. The highest BCUT2D eigenvalue weighted by molar-refractivity contribution is 7.13. The zero-order chi connectivity index (χ0) is 13.9. The van der Waals surface area contributed by atoms with E-state index in [-0.39, 0.29) is 5.56 Å². The Morgan fingerprint density at radius 2 is 1.90 bits per heavy atom. The molecule has 3 aromatic rings. The molecule has 0 fully saturated rings. The predicted octanol–water partition coefficient (Wildman–Crippen LogP) is 2.97. The zero-order valence-electron chi connectivity index (χ0n) is 10.2. The van der Waals surface area contributed by atoms with Crippen molar-refractivity contribution in [3.8, 4) is 22.0 Å². The maximum absolute atomic E-state index is 10.8. The van der Waals surface area contributed by atoms with Gasteiger partial charge in [-0.25, -0.2) is 9.78 Å². The van der Waals surface area contributed by atoms with Crippen molar-refractivity contribution in [3.63, 3.8) is 0 Å². The van der Waals surface area contributed by atoms with E-state index in [1.165, 1.54) is 11.3 Å². The van der Waals surface area contributed by atoms with Crippen LogP contribution in [0.25, 0.3) is 22.0 Å². The molecule has 20 heavy (non-hydrogen) atoms. The molecule has 2 aromatic heterocycles. The quantitative estimate of drug-likeness (QED) is 0.799. The van der Waals surface area contributed by atoms with E-state index in [1.807, 2.05) is 5.38 Å². The molecule has 0 bridgehead atoms. The van der Waals surface area contributed by atoms with Crippen LogP contribution in [-0.2, 0) is 0 Å². The van der Waals surface area contributed by atoms with Crippen molar-refractivity contribution in [2.24, 2.45) is 0 Å². The average molecular weight is 283 g/mol. The largest absolute Gasteiger partial charge is 0.478 e. The van der Waals surface area contributed by atoms with Crippen LogP contribution in [0.3, 0.4) is 0 Å². The van der Waals surface area contributed by atoms with Gasteiger partial charge in [0, 0.05) is 23.3 Å². The fourth-order valence-corrected chi connectivity index (χ4v) is 2.53. The Labute approximate surface area is 118 Å². The lowest BCUT2D eigenvalue weighted by atomic mass is 10.1. The highest BCUT2D eigenvalue weighted by Gasteiger charge is 2.08. The molecular formula is C14H9N3O2S. The van der Waals surface area contributed by atoms with Crippen LogP contribution in [0.5, 0.6) is 0 Å². The Kier molecular flexibility index (Phi) is 3.22. The number of hydrogen-bond donors (Lipinski definition) is 1. The third kappa shape index (κ3) is 2.41. The van der Waals surface area contributed by atoms with Crippen molar-refractivity contribution in [2.45, 2.75) is 0 Å². The minimum absolute atomic E-state index is 0.263. The molecule has 1 N–H and O–H groups in total. The number of rotatable bonds is 3. The number of carbonyl (C=O) groups is 1. The molecule has 0 spiro atoms. The van der Waals surface area contributed by atoms with Gasteiger partial charge in [0.25, 0.3) is 0 Å². The SMILES string of the molecule is O=C(O)c1ccc(-c2nc(-c3cnccn3)cs2)cc1. The third-order valence-corrected chi connectivity index (χ3v) is 3.60. The number of aromatic nitrogens is 3. The van der Waals surface area contributed by atoms with Gasteiger partial charge in [0.2, 0.25) is 0 Å². The first kappa shape index (κ1) is 12.4. The van der Waals surface area contributed by atoms with Gasteiger partial charge in [0.1, 0.15) is 16.4 Å². The molecule has 0 saturated heterocycles. The van der Waals surface area contributed by atoms with Crippen LogP contribution in [0.15, 0.2) is 48.2 Å². The molecule has 0 aliphatic carbocycles. The summed E-state index contributed by atoms with van der Waals surface area (Å²) in [6.07, 6.45) is 4.89. The summed E-state index contributed by atoms with van der Waals surface area (Å²) in [5, 5.41) is 11.6. The number of benzene rings is 1. The number of nitrogens with zero attached hydrogens (tertiary/aromatic N) is 3. The zero-order valence-corrected chi connectivity index (χ0v) is 11.0. The van der Waals surface area contributed by atoms with Crippen LogP contribution < -0.4 is 0 Å². The van der Waals surface area contributed by atoms with Gasteiger partial charge in [0.15, 0.2) is 0 Å². The van der Waals surface area contributed by atoms with Gasteiger partial charge in [-0.15, -0.1) is 11.3 Å². The van der Waals surface area contributed by atoms with Crippen LogP contribution in [-0.4, -0.2) is 26.0 Å². The molecular weight excluding hydrogens is 274 g/mol. The Bertz CT molecular complexity index is 739. The van der Waals surface area contributed by atoms with E-state index >= 15 is 0 Å². The van der Waals surface area contributed by atoms with Crippen molar-refractivity contribution < 1.29 is 9.90 Å². The van der Waals surface area contributed by atoms with E-state index in [2.05, 4.69) is 15.0 Å². The summed E-state index contributed by atoms with van der Waals surface area (Å²) in [5.74, 6) is -0.934. The Morgan fingerprint density at radius 1 is 1.10 bits per heavy atom. The summed E-state index contributed by atoms with van der Waals surface area (Å²) in [6.45, 7) is 0. The molecule has 3 rings (SSSR count). The molecule has 2 heterocycles. The van der Waals surface area contributed by atoms with E-state index in [4.69, 9.17) is 5.11 Å². The molecule has 6 heteroatoms. The normalized spacial score (nSPS) is 10.4. The average Bonchev–Trinajstić information content (AvgIpc) is 2.98. The van der Waals surface area contributed by atoms with E-state index in [0.29, 0.717) is 0 Å². The topological polar surface area (TPSA) is 76.0 Å². The first-order chi connectivity index (χ1) is 9.74. The van der Waals surface area contributed by atoms with Gasteiger partial charge in [0.05, 0.1) is 11.8 Å². The van der Waals surface area contributed by atoms with Crippen LogP contribution in [0.2, 0.25) is 0 Å². The summed E-state index contributed by atoms with van der Waals surface area (Å²) in [6, 6.07) is 6.65. The van der Waals surface area contributed by atoms with Gasteiger partial charge in [-0.2, -0.15) is 0 Å². The van der Waals surface area contributed by atoms with E-state index < -0.39 is 5.97 Å². The van der Waals surface area contributed by atoms with Crippen molar-refractivity contribution in [3.05, 3.63) is 53.8 Å².